The molecular weight excluding hydrogens is 438 g/mol. The second-order valence-corrected chi connectivity index (χ2v) is 9.06. The van der Waals surface area contributed by atoms with E-state index in [4.69, 9.17) is 4.74 Å². The second kappa shape index (κ2) is 13.5. The lowest BCUT2D eigenvalue weighted by atomic mass is 9.87. The predicted molar refractivity (Wildman–Crippen MR) is 129 cm³/mol. The molecule has 0 unspecified atom stereocenters. The zero-order chi connectivity index (χ0) is 25.0. The van der Waals surface area contributed by atoms with E-state index in [1.807, 2.05) is 0 Å². The molecule has 7 heteroatoms. The van der Waals surface area contributed by atoms with Gasteiger partial charge < -0.3 is 15.4 Å². The van der Waals surface area contributed by atoms with Crippen LogP contribution >= 0.6 is 0 Å². The SMILES string of the molecule is CC(C)(C)OC(=O)NC/C=C/CNC(=O)CCCCC(c1ccc(F)cc1)c1ccc(F)cc1. The molecule has 0 spiro atoms. The van der Waals surface area contributed by atoms with E-state index < -0.39 is 11.7 Å². The van der Waals surface area contributed by atoms with E-state index in [1.54, 1.807) is 57.2 Å². The fraction of sp³-hybridized carbons (Fsp3) is 0.407. The fourth-order valence-corrected chi connectivity index (χ4v) is 3.43. The molecule has 0 atom stereocenters. The zero-order valence-corrected chi connectivity index (χ0v) is 20.1. The number of halogens is 2. The molecule has 0 aromatic heterocycles. The minimum absolute atomic E-state index is 0.00432. The molecule has 2 aromatic carbocycles. The number of ether oxygens (including phenoxy) is 1. The summed E-state index contributed by atoms with van der Waals surface area (Å²) in [6, 6.07) is 12.7. The molecule has 0 aliphatic rings. The number of carbonyl (C=O) groups is 2. The molecule has 2 aromatic rings. The van der Waals surface area contributed by atoms with Crippen LogP contribution in [0.4, 0.5) is 13.6 Å². The van der Waals surface area contributed by atoms with Crippen molar-refractivity contribution in [1.29, 1.82) is 0 Å². The van der Waals surface area contributed by atoms with Crippen LogP contribution in [-0.4, -0.2) is 30.7 Å². The van der Waals surface area contributed by atoms with Crippen molar-refractivity contribution in [2.45, 2.75) is 58.0 Å². The third-order valence-electron chi connectivity index (χ3n) is 5.04. The Labute approximate surface area is 200 Å². The average Bonchev–Trinajstić information content (AvgIpc) is 2.76. The zero-order valence-electron chi connectivity index (χ0n) is 20.1. The van der Waals surface area contributed by atoms with E-state index in [1.165, 1.54) is 24.3 Å². The Kier molecular flexibility index (Phi) is 10.7. The van der Waals surface area contributed by atoms with Crippen LogP contribution in [0.15, 0.2) is 60.7 Å². The average molecular weight is 473 g/mol. The summed E-state index contributed by atoms with van der Waals surface area (Å²) in [5.41, 5.74) is 1.38. The minimum atomic E-state index is -0.542. The lowest BCUT2D eigenvalue weighted by Crippen LogP contribution is -2.32. The standard InChI is InChI=1S/C27H34F2N2O3/c1-27(2,3)34-26(33)31-19-7-6-18-30-25(32)9-5-4-8-24(20-10-14-22(28)15-11-20)21-12-16-23(29)17-13-21/h6-7,10-17,24H,4-5,8-9,18-19H2,1-3H3,(H,30,32)(H,31,33)/b7-6+. The van der Waals surface area contributed by atoms with Gasteiger partial charge in [-0.2, -0.15) is 0 Å². The smallest absolute Gasteiger partial charge is 0.407 e. The van der Waals surface area contributed by atoms with Crippen molar-refractivity contribution in [3.63, 3.8) is 0 Å². The molecule has 0 aliphatic heterocycles. The third kappa shape index (κ3) is 10.6. The van der Waals surface area contributed by atoms with Gasteiger partial charge in [0.15, 0.2) is 0 Å². The fourth-order valence-electron chi connectivity index (χ4n) is 3.43. The summed E-state index contributed by atoms with van der Waals surface area (Å²) in [7, 11) is 0. The second-order valence-electron chi connectivity index (χ2n) is 9.06. The topological polar surface area (TPSA) is 67.4 Å². The van der Waals surface area contributed by atoms with Gasteiger partial charge in [-0.05, 0) is 69.0 Å². The number of unbranched alkanes of at least 4 members (excludes halogenated alkanes) is 1. The maximum atomic E-state index is 13.3. The van der Waals surface area contributed by atoms with Gasteiger partial charge in [-0.25, -0.2) is 13.6 Å². The van der Waals surface area contributed by atoms with Gasteiger partial charge in [0.2, 0.25) is 5.91 Å². The Bertz CT molecular complexity index is 890. The summed E-state index contributed by atoms with van der Waals surface area (Å²) in [5, 5.41) is 5.43. The molecule has 0 fully saturated rings. The highest BCUT2D eigenvalue weighted by Gasteiger charge is 2.16. The lowest BCUT2D eigenvalue weighted by Gasteiger charge is -2.19. The van der Waals surface area contributed by atoms with Crippen LogP contribution in [-0.2, 0) is 9.53 Å². The molecule has 0 saturated carbocycles. The monoisotopic (exact) mass is 472 g/mol. The van der Waals surface area contributed by atoms with Crippen molar-refractivity contribution >= 4 is 12.0 Å². The molecule has 0 bridgehead atoms. The largest absolute Gasteiger partial charge is 0.444 e. The van der Waals surface area contributed by atoms with Gasteiger partial charge in [0.05, 0.1) is 0 Å². The van der Waals surface area contributed by atoms with E-state index in [2.05, 4.69) is 10.6 Å². The van der Waals surface area contributed by atoms with Crippen LogP contribution in [0.1, 0.15) is 63.5 Å². The molecule has 34 heavy (non-hydrogen) atoms. The van der Waals surface area contributed by atoms with Gasteiger partial charge in [0, 0.05) is 25.4 Å². The van der Waals surface area contributed by atoms with Crippen LogP contribution < -0.4 is 10.6 Å². The highest BCUT2D eigenvalue weighted by Crippen LogP contribution is 2.30. The summed E-state index contributed by atoms with van der Waals surface area (Å²) in [6.45, 7) is 6.08. The Morgan fingerprint density at radius 1 is 0.853 bits per heavy atom. The normalized spacial score (nSPS) is 11.6. The van der Waals surface area contributed by atoms with Gasteiger partial charge in [0.1, 0.15) is 17.2 Å². The van der Waals surface area contributed by atoms with Crippen molar-refractivity contribution in [3.05, 3.63) is 83.4 Å². The summed E-state index contributed by atoms with van der Waals surface area (Å²) in [4.78, 5) is 23.6. The third-order valence-corrected chi connectivity index (χ3v) is 5.04. The van der Waals surface area contributed by atoms with Gasteiger partial charge in [-0.3, -0.25) is 4.79 Å². The van der Waals surface area contributed by atoms with Gasteiger partial charge >= 0.3 is 6.09 Å². The quantitative estimate of drug-likeness (QED) is 0.318. The van der Waals surface area contributed by atoms with E-state index >= 15 is 0 Å². The molecular formula is C27H34F2N2O3. The van der Waals surface area contributed by atoms with Crippen molar-refractivity contribution in [3.8, 4) is 0 Å². The van der Waals surface area contributed by atoms with Crippen molar-refractivity contribution < 1.29 is 23.1 Å². The molecule has 184 valence electrons. The first kappa shape index (κ1) is 27.0. The van der Waals surface area contributed by atoms with Crippen molar-refractivity contribution in [2.75, 3.05) is 13.1 Å². The maximum absolute atomic E-state index is 13.3. The highest BCUT2D eigenvalue weighted by molar-refractivity contribution is 5.75. The molecule has 0 aliphatic carbocycles. The Morgan fingerprint density at radius 3 is 1.85 bits per heavy atom. The maximum Gasteiger partial charge on any atom is 0.407 e. The van der Waals surface area contributed by atoms with E-state index in [9.17, 15) is 18.4 Å². The van der Waals surface area contributed by atoms with Gasteiger partial charge in [-0.15, -0.1) is 0 Å². The summed E-state index contributed by atoms with van der Waals surface area (Å²) in [5.74, 6) is -0.643. The number of hydrogen-bond acceptors (Lipinski definition) is 3. The van der Waals surface area contributed by atoms with Crippen LogP contribution in [0, 0.1) is 11.6 Å². The Balaban J connectivity index is 1.71. The highest BCUT2D eigenvalue weighted by atomic mass is 19.1. The van der Waals surface area contributed by atoms with Crippen molar-refractivity contribution in [1.82, 2.24) is 10.6 Å². The first-order valence-electron chi connectivity index (χ1n) is 11.5. The lowest BCUT2D eigenvalue weighted by molar-refractivity contribution is -0.121. The number of amides is 2. The molecule has 2 rings (SSSR count). The number of hydrogen-bond donors (Lipinski definition) is 2. The number of rotatable bonds is 11. The molecule has 0 radical (unpaired) electrons. The Morgan fingerprint density at radius 2 is 1.35 bits per heavy atom. The van der Waals surface area contributed by atoms with Crippen LogP contribution in [0.2, 0.25) is 0 Å². The number of alkyl carbamates (subject to hydrolysis) is 1. The van der Waals surface area contributed by atoms with E-state index in [-0.39, 0.29) is 23.5 Å². The van der Waals surface area contributed by atoms with Crippen LogP contribution in [0.25, 0.3) is 0 Å². The molecule has 5 nitrogen and oxygen atoms in total. The number of nitrogens with one attached hydrogen (secondary N) is 2. The van der Waals surface area contributed by atoms with Gasteiger partial charge in [0.25, 0.3) is 0 Å². The Hall–Kier alpha value is -3.22. The minimum Gasteiger partial charge on any atom is -0.444 e. The molecule has 0 saturated heterocycles. The summed E-state index contributed by atoms with van der Waals surface area (Å²) in [6.07, 6.45) is 5.69. The first-order chi connectivity index (χ1) is 16.1. The summed E-state index contributed by atoms with van der Waals surface area (Å²) < 4.78 is 31.8. The summed E-state index contributed by atoms with van der Waals surface area (Å²) >= 11 is 0. The van der Waals surface area contributed by atoms with E-state index in [0.29, 0.717) is 25.9 Å². The molecule has 2 amide bonds. The van der Waals surface area contributed by atoms with Crippen LogP contribution in [0.5, 0.6) is 0 Å². The molecule has 0 heterocycles. The van der Waals surface area contributed by atoms with Crippen LogP contribution in [0.3, 0.4) is 0 Å². The first-order valence-corrected chi connectivity index (χ1v) is 11.5. The predicted octanol–water partition coefficient (Wildman–Crippen LogP) is 5.85. The number of carbonyl (C=O) groups excluding carboxylic acids is 2. The van der Waals surface area contributed by atoms with Gasteiger partial charge in [-0.1, -0.05) is 42.8 Å². The van der Waals surface area contributed by atoms with E-state index in [0.717, 1.165) is 24.0 Å². The van der Waals surface area contributed by atoms with Crippen molar-refractivity contribution in [2.24, 2.45) is 0 Å². The number of benzene rings is 2. The molecule has 2 N–H and O–H groups in total.